The minimum absolute atomic E-state index is 0.000499. The lowest BCUT2D eigenvalue weighted by molar-refractivity contribution is 0.0987. The van der Waals surface area contributed by atoms with Crippen LogP contribution in [0.5, 0.6) is 17.2 Å². The summed E-state index contributed by atoms with van der Waals surface area (Å²) in [5.41, 5.74) is 1.70. The van der Waals surface area contributed by atoms with Crippen molar-refractivity contribution < 1.29 is 19.4 Å². The molecule has 26 heavy (non-hydrogen) atoms. The third-order valence-corrected chi connectivity index (χ3v) is 4.87. The Morgan fingerprint density at radius 1 is 1.15 bits per heavy atom. The minimum atomic E-state index is -0.000499. The fourth-order valence-corrected chi connectivity index (χ4v) is 3.18. The molecule has 1 unspecified atom stereocenters. The number of rotatable bonds is 9. The van der Waals surface area contributed by atoms with Gasteiger partial charge in [0.1, 0.15) is 5.75 Å². The molecule has 0 saturated carbocycles. The third kappa shape index (κ3) is 5.16. The standard InChI is InChI=1S/C20H25NO4S/c1-13(9-14-5-8-18(24-2)19(10-14)25-3)21-12-17(23)15-6-7-16(22)20(11-15)26-4/h5-8,10-11,13,21-22H,9,12H2,1-4H3. The first-order valence-corrected chi connectivity index (χ1v) is 9.55. The summed E-state index contributed by atoms with van der Waals surface area (Å²) in [7, 11) is 3.22. The van der Waals surface area contributed by atoms with Crippen molar-refractivity contribution in [2.24, 2.45) is 0 Å². The molecular weight excluding hydrogens is 350 g/mol. The van der Waals surface area contributed by atoms with E-state index in [1.165, 1.54) is 11.8 Å². The van der Waals surface area contributed by atoms with Crippen LogP contribution in [0.15, 0.2) is 41.3 Å². The molecule has 0 fully saturated rings. The quantitative estimate of drug-likeness (QED) is 0.516. The van der Waals surface area contributed by atoms with Crippen molar-refractivity contribution in [3.05, 3.63) is 47.5 Å². The van der Waals surface area contributed by atoms with Gasteiger partial charge in [0.05, 0.1) is 20.8 Å². The van der Waals surface area contributed by atoms with Gasteiger partial charge in [-0.25, -0.2) is 0 Å². The van der Waals surface area contributed by atoms with Crippen LogP contribution in [0.1, 0.15) is 22.8 Å². The van der Waals surface area contributed by atoms with Crippen molar-refractivity contribution >= 4 is 17.5 Å². The van der Waals surface area contributed by atoms with Crippen LogP contribution in [0.25, 0.3) is 0 Å². The summed E-state index contributed by atoms with van der Waals surface area (Å²) in [5.74, 6) is 1.59. The third-order valence-electron chi connectivity index (χ3n) is 4.10. The normalized spacial score (nSPS) is 11.8. The largest absolute Gasteiger partial charge is 0.507 e. The summed E-state index contributed by atoms with van der Waals surface area (Å²) in [4.78, 5) is 13.1. The summed E-state index contributed by atoms with van der Waals surface area (Å²) in [6, 6.07) is 10.9. The van der Waals surface area contributed by atoms with Crippen LogP contribution in [0.3, 0.4) is 0 Å². The molecule has 0 spiro atoms. The lowest BCUT2D eigenvalue weighted by Crippen LogP contribution is -2.33. The second kappa shape index (κ2) is 9.50. The topological polar surface area (TPSA) is 67.8 Å². The summed E-state index contributed by atoms with van der Waals surface area (Å²) < 4.78 is 10.6. The molecule has 0 aromatic heterocycles. The maximum atomic E-state index is 12.4. The smallest absolute Gasteiger partial charge is 0.176 e. The molecule has 2 N–H and O–H groups in total. The predicted octanol–water partition coefficient (Wildman–Crippen LogP) is 3.53. The van der Waals surface area contributed by atoms with Crippen molar-refractivity contribution in [3.63, 3.8) is 0 Å². The van der Waals surface area contributed by atoms with Gasteiger partial charge in [-0.1, -0.05) is 6.07 Å². The number of aromatic hydroxyl groups is 1. The molecule has 0 aliphatic rings. The SMILES string of the molecule is COc1ccc(CC(C)NCC(=O)c2ccc(O)c(SC)c2)cc1OC. The van der Waals surface area contributed by atoms with E-state index in [1.807, 2.05) is 31.4 Å². The van der Waals surface area contributed by atoms with Gasteiger partial charge in [0.2, 0.25) is 0 Å². The number of ether oxygens (including phenoxy) is 2. The van der Waals surface area contributed by atoms with Gasteiger partial charge >= 0.3 is 0 Å². The number of nitrogens with one attached hydrogen (secondary N) is 1. The Balaban J connectivity index is 1.94. The molecule has 2 rings (SSSR count). The number of carbonyl (C=O) groups is 1. The van der Waals surface area contributed by atoms with Crippen molar-refractivity contribution in [1.29, 1.82) is 0 Å². The second-order valence-electron chi connectivity index (χ2n) is 5.99. The van der Waals surface area contributed by atoms with Gasteiger partial charge in [-0.05, 0) is 55.5 Å². The molecule has 2 aromatic rings. The number of hydrogen-bond acceptors (Lipinski definition) is 6. The van der Waals surface area contributed by atoms with Crippen molar-refractivity contribution in [2.75, 3.05) is 27.0 Å². The van der Waals surface area contributed by atoms with E-state index in [9.17, 15) is 9.90 Å². The number of carbonyl (C=O) groups excluding carboxylic acids is 1. The molecule has 0 aliphatic heterocycles. The Morgan fingerprint density at radius 2 is 1.88 bits per heavy atom. The fourth-order valence-electron chi connectivity index (χ4n) is 2.65. The molecule has 140 valence electrons. The predicted molar refractivity (Wildman–Crippen MR) is 105 cm³/mol. The number of thioether (sulfide) groups is 1. The summed E-state index contributed by atoms with van der Waals surface area (Å²) in [6.07, 6.45) is 2.63. The molecule has 6 heteroatoms. The van der Waals surface area contributed by atoms with Crippen molar-refractivity contribution in [1.82, 2.24) is 5.32 Å². The monoisotopic (exact) mass is 375 g/mol. The van der Waals surface area contributed by atoms with Gasteiger partial charge in [0, 0.05) is 16.5 Å². The molecule has 5 nitrogen and oxygen atoms in total. The van der Waals surface area contributed by atoms with Crippen LogP contribution in [0, 0.1) is 0 Å². The number of Topliss-reactive ketones (excluding diaryl/α,β-unsaturated/α-hetero) is 1. The lowest BCUT2D eigenvalue weighted by atomic mass is 10.1. The van der Waals surface area contributed by atoms with Crippen LogP contribution in [0.2, 0.25) is 0 Å². The first kappa shape index (κ1) is 20.1. The van der Waals surface area contributed by atoms with E-state index in [0.717, 1.165) is 12.0 Å². The number of benzene rings is 2. The van der Waals surface area contributed by atoms with Crippen LogP contribution in [-0.2, 0) is 6.42 Å². The van der Waals surface area contributed by atoms with Gasteiger partial charge in [0.25, 0.3) is 0 Å². The van der Waals surface area contributed by atoms with Gasteiger partial charge in [-0.3, -0.25) is 4.79 Å². The highest BCUT2D eigenvalue weighted by Gasteiger charge is 2.12. The van der Waals surface area contributed by atoms with E-state index >= 15 is 0 Å². The van der Waals surface area contributed by atoms with Crippen molar-refractivity contribution in [3.8, 4) is 17.2 Å². The zero-order valence-electron chi connectivity index (χ0n) is 15.5. The first-order chi connectivity index (χ1) is 12.5. The Kier molecular flexibility index (Phi) is 7.36. The van der Waals surface area contributed by atoms with Crippen LogP contribution in [-0.4, -0.2) is 44.0 Å². The highest BCUT2D eigenvalue weighted by atomic mass is 32.2. The minimum Gasteiger partial charge on any atom is -0.507 e. The molecule has 1 atom stereocenters. The highest BCUT2D eigenvalue weighted by Crippen LogP contribution is 2.28. The van der Waals surface area contributed by atoms with Gasteiger partial charge < -0.3 is 19.9 Å². The van der Waals surface area contributed by atoms with Gasteiger partial charge in [-0.2, -0.15) is 0 Å². The molecular formula is C20H25NO4S. The maximum absolute atomic E-state index is 12.4. The Hall–Kier alpha value is -2.18. The molecule has 0 radical (unpaired) electrons. The maximum Gasteiger partial charge on any atom is 0.176 e. The van der Waals surface area contributed by atoms with Crippen LogP contribution in [0.4, 0.5) is 0 Å². The van der Waals surface area contributed by atoms with E-state index < -0.39 is 0 Å². The average molecular weight is 375 g/mol. The van der Waals surface area contributed by atoms with Crippen LogP contribution >= 0.6 is 11.8 Å². The van der Waals surface area contributed by atoms with Crippen LogP contribution < -0.4 is 14.8 Å². The number of ketones is 1. The fraction of sp³-hybridized carbons (Fsp3) is 0.350. The first-order valence-electron chi connectivity index (χ1n) is 8.33. The Bertz CT molecular complexity index is 763. The molecule has 0 aliphatic carbocycles. The zero-order chi connectivity index (χ0) is 19.1. The van der Waals surface area contributed by atoms with E-state index in [2.05, 4.69) is 5.32 Å². The van der Waals surface area contributed by atoms with Crippen molar-refractivity contribution in [2.45, 2.75) is 24.3 Å². The Morgan fingerprint density at radius 3 is 2.54 bits per heavy atom. The zero-order valence-corrected chi connectivity index (χ0v) is 16.4. The van der Waals surface area contributed by atoms with E-state index in [4.69, 9.17) is 9.47 Å². The Labute approximate surface area is 158 Å². The summed E-state index contributed by atoms with van der Waals surface area (Å²) >= 11 is 1.41. The number of methoxy groups -OCH3 is 2. The molecule has 0 amide bonds. The molecule has 0 heterocycles. The van der Waals surface area contributed by atoms with Gasteiger partial charge in [0.15, 0.2) is 17.3 Å². The molecule has 0 bridgehead atoms. The second-order valence-corrected chi connectivity index (χ2v) is 6.83. The van der Waals surface area contributed by atoms with E-state index in [0.29, 0.717) is 22.0 Å². The summed E-state index contributed by atoms with van der Waals surface area (Å²) in [6.45, 7) is 2.28. The average Bonchev–Trinajstić information content (AvgIpc) is 2.66. The number of phenolic OH excluding ortho intramolecular Hbond substituents is 1. The van der Waals surface area contributed by atoms with E-state index in [-0.39, 0.29) is 24.1 Å². The molecule has 2 aromatic carbocycles. The highest BCUT2D eigenvalue weighted by molar-refractivity contribution is 7.98. The molecule has 0 saturated heterocycles. The van der Waals surface area contributed by atoms with E-state index in [1.54, 1.807) is 32.4 Å². The number of hydrogen-bond donors (Lipinski definition) is 2. The summed E-state index contributed by atoms with van der Waals surface area (Å²) in [5, 5.41) is 13.0. The van der Waals surface area contributed by atoms with Gasteiger partial charge in [-0.15, -0.1) is 11.8 Å². The lowest BCUT2D eigenvalue weighted by Gasteiger charge is -2.15. The number of phenols is 1.